The number of Topliss-reactive ketones (excluding diaryl/α,β-unsaturated/α-hetero) is 1. The lowest BCUT2D eigenvalue weighted by molar-refractivity contribution is 0.102. The van der Waals surface area contributed by atoms with E-state index in [0.29, 0.717) is 11.3 Å². The number of hydrogen-bond donors (Lipinski definition) is 0. The molecule has 0 amide bonds. The van der Waals surface area contributed by atoms with Gasteiger partial charge in [0.05, 0.1) is 9.96 Å². The molecule has 0 N–H and O–H groups in total. The first-order valence-corrected chi connectivity index (χ1v) is 6.57. The van der Waals surface area contributed by atoms with Crippen LogP contribution in [0.3, 0.4) is 0 Å². The monoisotopic (exact) mass is 252 g/mol. The molecule has 0 bridgehead atoms. The Morgan fingerprint density at radius 2 is 2.19 bits per heavy atom. The molecule has 0 saturated heterocycles. The predicted molar refractivity (Wildman–Crippen MR) is 65.8 cm³/mol. The maximum absolute atomic E-state index is 12.9. The van der Waals surface area contributed by atoms with Gasteiger partial charge in [0.15, 0.2) is 5.78 Å². The molecule has 1 aromatic carbocycles. The highest BCUT2D eigenvalue weighted by molar-refractivity contribution is 8.01. The van der Waals surface area contributed by atoms with Crippen LogP contribution in [-0.2, 0) is 0 Å². The second-order valence-electron chi connectivity index (χ2n) is 3.15. The summed E-state index contributed by atoms with van der Waals surface area (Å²) >= 11 is 3.08. The summed E-state index contributed by atoms with van der Waals surface area (Å²) in [6.07, 6.45) is 0. The van der Waals surface area contributed by atoms with Crippen LogP contribution in [-0.4, -0.2) is 11.5 Å². The van der Waals surface area contributed by atoms with Crippen LogP contribution in [0.2, 0.25) is 0 Å². The summed E-state index contributed by atoms with van der Waals surface area (Å²) in [7, 11) is 0. The first kappa shape index (κ1) is 11.4. The van der Waals surface area contributed by atoms with Crippen LogP contribution in [0.25, 0.3) is 0 Å². The number of rotatable bonds is 4. The molecule has 0 aliphatic rings. The molecule has 2 rings (SSSR count). The maximum Gasteiger partial charge on any atom is 0.173 e. The predicted octanol–water partition coefficient (Wildman–Crippen LogP) is 3.86. The van der Waals surface area contributed by atoms with E-state index in [9.17, 15) is 9.18 Å². The second kappa shape index (κ2) is 5.27. The molecule has 0 saturated carbocycles. The van der Waals surface area contributed by atoms with Crippen LogP contribution in [0.15, 0.2) is 46.0 Å². The van der Waals surface area contributed by atoms with E-state index >= 15 is 0 Å². The van der Waals surface area contributed by atoms with Gasteiger partial charge in [0.25, 0.3) is 0 Å². The molecule has 0 aliphatic heterocycles. The van der Waals surface area contributed by atoms with Crippen molar-refractivity contribution in [1.29, 1.82) is 0 Å². The van der Waals surface area contributed by atoms with Crippen molar-refractivity contribution in [3.05, 3.63) is 53.2 Å². The van der Waals surface area contributed by atoms with E-state index in [1.807, 2.05) is 17.5 Å². The van der Waals surface area contributed by atoms with Gasteiger partial charge in [-0.15, -0.1) is 23.1 Å². The first-order valence-electron chi connectivity index (χ1n) is 4.71. The Balaban J connectivity index is 1.98. The molecule has 0 spiro atoms. The Morgan fingerprint density at radius 1 is 1.31 bits per heavy atom. The van der Waals surface area contributed by atoms with Gasteiger partial charge in [-0.1, -0.05) is 18.2 Å². The fourth-order valence-corrected chi connectivity index (χ4v) is 2.91. The van der Waals surface area contributed by atoms with Crippen molar-refractivity contribution in [3.8, 4) is 0 Å². The zero-order chi connectivity index (χ0) is 11.4. The van der Waals surface area contributed by atoms with Gasteiger partial charge in [-0.3, -0.25) is 4.79 Å². The SMILES string of the molecule is O=C(CSc1cccs1)c1cccc(F)c1. The number of thioether (sulfide) groups is 1. The topological polar surface area (TPSA) is 17.1 Å². The number of carbonyl (C=O) groups is 1. The highest BCUT2D eigenvalue weighted by atomic mass is 32.2. The van der Waals surface area contributed by atoms with Gasteiger partial charge < -0.3 is 0 Å². The summed E-state index contributed by atoms with van der Waals surface area (Å²) in [5.74, 6) is -0.0610. The molecule has 0 fully saturated rings. The molecule has 0 aliphatic carbocycles. The third kappa shape index (κ3) is 2.93. The quantitative estimate of drug-likeness (QED) is 0.607. The molecule has 4 heteroatoms. The van der Waals surface area contributed by atoms with Gasteiger partial charge in [-0.25, -0.2) is 4.39 Å². The summed E-state index contributed by atoms with van der Waals surface area (Å²) in [6, 6.07) is 9.72. The number of halogens is 1. The highest BCUT2D eigenvalue weighted by Crippen LogP contribution is 2.24. The van der Waals surface area contributed by atoms with E-state index in [1.165, 1.54) is 23.9 Å². The first-order chi connectivity index (χ1) is 7.75. The van der Waals surface area contributed by atoms with Gasteiger partial charge in [-0.2, -0.15) is 0 Å². The summed E-state index contributed by atoms with van der Waals surface area (Å²) < 4.78 is 14.0. The Bertz CT molecular complexity index is 480. The Morgan fingerprint density at radius 3 is 2.88 bits per heavy atom. The smallest absolute Gasteiger partial charge is 0.173 e. The molecule has 1 aromatic heterocycles. The van der Waals surface area contributed by atoms with Crippen molar-refractivity contribution < 1.29 is 9.18 Å². The Hall–Kier alpha value is -1.13. The fraction of sp³-hybridized carbons (Fsp3) is 0.0833. The second-order valence-corrected chi connectivity index (χ2v) is 5.38. The molecule has 0 radical (unpaired) electrons. The Kier molecular flexibility index (Phi) is 3.74. The minimum atomic E-state index is -0.369. The van der Waals surface area contributed by atoms with Crippen molar-refractivity contribution in [2.24, 2.45) is 0 Å². The molecule has 1 nitrogen and oxygen atoms in total. The minimum Gasteiger partial charge on any atom is -0.293 e. The third-order valence-corrected chi connectivity index (χ3v) is 4.12. The van der Waals surface area contributed by atoms with E-state index in [1.54, 1.807) is 23.5 Å². The molecular formula is C12H9FOS2. The van der Waals surface area contributed by atoms with Gasteiger partial charge in [0.1, 0.15) is 5.82 Å². The van der Waals surface area contributed by atoms with E-state index < -0.39 is 0 Å². The highest BCUT2D eigenvalue weighted by Gasteiger charge is 2.07. The van der Waals surface area contributed by atoms with Crippen LogP contribution in [0.1, 0.15) is 10.4 Å². The number of carbonyl (C=O) groups excluding carboxylic acids is 1. The van der Waals surface area contributed by atoms with Gasteiger partial charge in [0.2, 0.25) is 0 Å². The standard InChI is InChI=1S/C12H9FOS2/c13-10-4-1-3-9(7-10)11(14)8-16-12-5-2-6-15-12/h1-7H,8H2. The molecule has 0 unspecified atom stereocenters. The van der Waals surface area contributed by atoms with E-state index in [0.717, 1.165) is 4.21 Å². The lowest BCUT2D eigenvalue weighted by Crippen LogP contribution is -2.02. The molecule has 2 aromatic rings. The van der Waals surface area contributed by atoms with Crippen LogP contribution >= 0.6 is 23.1 Å². The van der Waals surface area contributed by atoms with Crippen LogP contribution in [0.5, 0.6) is 0 Å². The van der Waals surface area contributed by atoms with Crippen molar-refractivity contribution in [1.82, 2.24) is 0 Å². The molecule has 82 valence electrons. The molecule has 0 atom stereocenters. The minimum absolute atomic E-state index is 0.0436. The summed E-state index contributed by atoms with van der Waals surface area (Å²) in [6.45, 7) is 0. The van der Waals surface area contributed by atoms with Gasteiger partial charge in [0, 0.05) is 5.56 Å². The van der Waals surface area contributed by atoms with E-state index in [-0.39, 0.29) is 11.6 Å². The number of benzene rings is 1. The fourth-order valence-electron chi connectivity index (χ4n) is 1.23. The molecular weight excluding hydrogens is 243 g/mol. The van der Waals surface area contributed by atoms with Crippen molar-refractivity contribution in [2.75, 3.05) is 5.75 Å². The average molecular weight is 252 g/mol. The van der Waals surface area contributed by atoms with Crippen molar-refractivity contribution >= 4 is 28.9 Å². The van der Waals surface area contributed by atoms with Gasteiger partial charge in [-0.05, 0) is 23.6 Å². The van der Waals surface area contributed by atoms with Crippen LogP contribution < -0.4 is 0 Å². The van der Waals surface area contributed by atoms with Gasteiger partial charge >= 0.3 is 0 Å². The summed E-state index contributed by atoms with van der Waals surface area (Å²) in [5.41, 5.74) is 0.434. The third-order valence-electron chi connectivity index (χ3n) is 1.99. The lowest BCUT2D eigenvalue weighted by atomic mass is 10.1. The van der Waals surface area contributed by atoms with Crippen molar-refractivity contribution in [3.63, 3.8) is 0 Å². The zero-order valence-electron chi connectivity index (χ0n) is 8.35. The summed E-state index contributed by atoms with van der Waals surface area (Å²) in [5, 5.41) is 1.97. The Labute approximate surface area is 101 Å². The lowest BCUT2D eigenvalue weighted by Gasteiger charge is -1.99. The normalized spacial score (nSPS) is 10.3. The molecule has 1 heterocycles. The number of hydrogen-bond acceptors (Lipinski definition) is 3. The number of ketones is 1. The largest absolute Gasteiger partial charge is 0.293 e. The maximum atomic E-state index is 12.9. The van der Waals surface area contributed by atoms with Crippen LogP contribution in [0.4, 0.5) is 4.39 Å². The van der Waals surface area contributed by atoms with Crippen LogP contribution in [0, 0.1) is 5.82 Å². The van der Waals surface area contributed by atoms with E-state index in [4.69, 9.17) is 0 Å². The molecule has 16 heavy (non-hydrogen) atoms. The van der Waals surface area contributed by atoms with Crippen molar-refractivity contribution in [2.45, 2.75) is 4.21 Å². The number of thiophene rings is 1. The van der Waals surface area contributed by atoms with E-state index in [2.05, 4.69) is 0 Å². The zero-order valence-corrected chi connectivity index (χ0v) is 9.98. The average Bonchev–Trinajstić information content (AvgIpc) is 2.78. The summed E-state index contributed by atoms with van der Waals surface area (Å²) in [4.78, 5) is 11.7.